The number of rotatable bonds is 1. The molecule has 0 amide bonds. The summed E-state index contributed by atoms with van der Waals surface area (Å²) >= 11 is 0. The molecule has 2 rings (SSSR count). The van der Waals surface area contributed by atoms with E-state index in [9.17, 15) is 0 Å². The molecule has 0 spiro atoms. The largest absolute Gasteiger partial charge is 0.378 e. The van der Waals surface area contributed by atoms with E-state index in [0.29, 0.717) is 12.0 Å². The van der Waals surface area contributed by atoms with Crippen LogP contribution in [0.1, 0.15) is 25.7 Å². The molecule has 0 bridgehead atoms. The Hall–Kier alpha value is -0.560. The van der Waals surface area contributed by atoms with Crippen molar-refractivity contribution in [3.05, 3.63) is 24.3 Å². The Morgan fingerprint density at radius 2 is 2.17 bits per heavy atom. The predicted octanol–water partition coefficient (Wildman–Crippen LogP) is 2.69. The van der Waals surface area contributed by atoms with Crippen molar-refractivity contribution in [3.63, 3.8) is 0 Å². The zero-order valence-corrected chi connectivity index (χ0v) is 7.41. The molecule has 0 aromatic heterocycles. The normalized spacial score (nSPS) is 35.3. The van der Waals surface area contributed by atoms with Crippen LogP contribution in [0.2, 0.25) is 0 Å². The molecule has 0 N–H and O–H groups in total. The molecule has 0 saturated carbocycles. The Bertz CT molecular complexity index is 187. The third kappa shape index (κ3) is 1.78. The van der Waals surface area contributed by atoms with Crippen molar-refractivity contribution < 1.29 is 4.74 Å². The van der Waals surface area contributed by atoms with Gasteiger partial charge in [0.15, 0.2) is 0 Å². The summed E-state index contributed by atoms with van der Waals surface area (Å²) in [5.74, 6) is 0.648. The predicted molar refractivity (Wildman–Crippen MR) is 50.0 cm³/mol. The quantitative estimate of drug-likeness (QED) is 0.579. The lowest BCUT2D eigenvalue weighted by molar-refractivity contribution is -0.00847. The fourth-order valence-corrected chi connectivity index (χ4v) is 1.98. The highest BCUT2D eigenvalue weighted by Crippen LogP contribution is 2.25. The van der Waals surface area contributed by atoms with Gasteiger partial charge in [-0.1, -0.05) is 24.3 Å². The van der Waals surface area contributed by atoms with E-state index in [-0.39, 0.29) is 0 Å². The number of allylic oxidation sites excluding steroid dienone is 3. The minimum Gasteiger partial charge on any atom is -0.378 e. The van der Waals surface area contributed by atoms with Crippen molar-refractivity contribution in [2.45, 2.75) is 31.8 Å². The van der Waals surface area contributed by atoms with E-state index >= 15 is 0 Å². The van der Waals surface area contributed by atoms with Gasteiger partial charge in [-0.25, -0.2) is 0 Å². The standard InChI is InChI=1S/C11H16O/c1-2-6-10(7-3-1)11-8-4-5-9-12-11/h1-3,6,10-11H,4-5,7-9H2/t10?,11-/m1/s1. The minimum absolute atomic E-state index is 0.500. The third-order valence-electron chi connectivity index (χ3n) is 2.71. The first-order valence-corrected chi connectivity index (χ1v) is 4.92. The van der Waals surface area contributed by atoms with Gasteiger partial charge >= 0.3 is 0 Å². The highest BCUT2D eigenvalue weighted by atomic mass is 16.5. The van der Waals surface area contributed by atoms with Gasteiger partial charge in [-0.05, 0) is 25.7 Å². The van der Waals surface area contributed by atoms with Crippen LogP contribution < -0.4 is 0 Å². The Morgan fingerprint density at radius 3 is 2.83 bits per heavy atom. The molecular weight excluding hydrogens is 148 g/mol. The van der Waals surface area contributed by atoms with Crippen LogP contribution in [0.15, 0.2) is 24.3 Å². The Morgan fingerprint density at radius 1 is 1.17 bits per heavy atom. The smallest absolute Gasteiger partial charge is 0.0640 e. The molecule has 0 aromatic carbocycles. The zero-order chi connectivity index (χ0) is 8.23. The Balaban J connectivity index is 1.90. The summed E-state index contributed by atoms with van der Waals surface area (Å²) in [5, 5.41) is 0. The summed E-state index contributed by atoms with van der Waals surface area (Å²) in [6.07, 6.45) is 14.3. The van der Waals surface area contributed by atoms with Crippen molar-refractivity contribution in [1.29, 1.82) is 0 Å². The van der Waals surface area contributed by atoms with Crippen molar-refractivity contribution in [2.75, 3.05) is 6.61 Å². The second-order valence-corrected chi connectivity index (χ2v) is 3.62. The Labute approximate surface area is 74.1 Å². The SMILES string of the molecule is C1=CCC([C@H]2CCCCO2)C=C1. The minimum atomic E-state index is 0.500. The van der Waals surface area contributed by atoms with Crippen molar-refractivity contribution in [1.82, 2.24) is 0 Å². The van der Waals surface area contributed by atoms with Crippen LogP contribution in [-0.2, 0) is 4.74 Å². The van der Waals surface area contributed by atoms with Crippen LogP contribution in [0, 0.1) is 5.92 Å². The fourth-order valence-electron chi connectivity index (χ4n) is 1.98. The van der Waals surface area contributed by atoms with Gasteiger partial charge in [0.1, 0.15) is 0 Å². The molecule has 1 aliphatic carbocycles. The molecule has 1 aliphatic heterocycles. The van der Waals surface area contributed by atoms with E-state index in [1.54, 1.807) is 0 Å². The average molecular weight is 164 g/mol. The monoisotopic (exact) mass is 164 g/mol. The average Bonchev–Trinajstić information content (AvgIpc) is 2.21. The van der Waals surface area contributed by atoms with Crippen LogP contribution in [0.4, 0.5) is 0 Å². The van der Waals surface area contributed by atoms with Crippen LogP contribution in [-0.4, -0.2) is 12.7 Å². The lowest BCUT2D eigenvalue weighted by atomic mass is 9.90. The van der Waals surface area contributed by atoms with Gasteiger partial charge in [-0.15, -0.1) is 0 Å². The van der Waals surface area contributed by atoms with Gasteiger partial charge in [-0.3, -0.25) is 0 Å². The van der Waals surface area contributed by atoms with Crippen LogP contribution >= 0.6 is 0 Å². The van der Waals surface area contributed by atoms with Gasteiger partial charge in [0.2, 0.25) is 0 Å². The molecule has 1 heteroatoms. The first-order chi connectivity index (χ1) is 5.97. The van der Waals surface area contributed by atoms with Crippen molar-refractivity contribution in [3.8, 4) is 0 Å². The first kappa shape index (κ1) is 8.06. The maximum atomic E-state index is 5.73. The second kappa shape index (κ2) is 3.90. The molecule has 2 aliphatic rings. The molecular formula is C11H16O. The van der Waals surface area contributed by atoms with Crippen LogP contribution in [0.25, 0.3) is 0 Å². The number of ether oxygens (including phenoxy) is 1. The van der Waals surface area contributed by atoms with E-state index in [1.165, 1.54) is 25.7 Å². The fraction of sp³-hybridized carbons (Fsp3) is 0.636. The molecule has 0 radical (unpaired) electrons. The molecule has 2 atom stereocenters. The van der Waals surface area contributed by atoms with Crippen molar-refractivity contribution >= 4 is 0 Å². The first-order valence-electron chi connectivity index (χ1n) is 4.92. The van der Waals surface area contributed by atoms with Gasteiger partial charge in [0.05, 0.1) is 6.10 Å². The van der Waals surface area contributed by atoms with Crippen molar-refractivity contribution in [2.24, 2.45) is 5.92 Å². The van der Waals surface area contributed by atoms with E-state index in [4.69, 9.17) is 4.74 Å². The molecule has 0 aromatic rings. The van der Waals surface area contributed by atoms with E-state index in [1.807, 2.05) is 0 Å². The summed E-state index contributed by atoms with van der Waals surface area (Å²) < 4.78 is 5.73. The summed E-state index contributed by atoms with van der Waals surface area (Å²) in [6.45, 7) is 0.971. The van der Waals surface area contributed by atoms with E-state index < -0.39 is 0 Å². The summed E-state index contributed by atoms with van der Waals surface area (Å²) in [6, 6.07) is 0. The van der Waals surface area contributed by atoms with Gasteiger partial charge in [0.25, 0.3) is 0 Å². The topological polar surface area (TPSA) is 9.23 Å². The van der Waals surface area contributed by atoms with Gasteiger partial charge in [-0.2, -0.15) is 0 Å². The summed E-state index contributed by atoms with van der Waals surface area (Å²) in [7, 11) is 0. The summed E-state index contributed by atoms with van der Waals surface area (Å²) in [4.78, 5) is 0. The van der Waals surface area contributed by atoms with Crippen LogP contribution in [0.5, 0.6) is 0 Å². The highest BCUT2D eigenvalue weighted by Gasteiger charge is 2.21. The number of hydrogen-bond donors (Lipinski definition) is 0. The van der Waals surface area contributed by atoms with E-state index in [0.717, 1.165) is 6.61 Å². The maximum absolute atomic E-state index is 5.73. The highest BCUT2D eigenvalue weighted by molar-refractivity contribution is 5.12. The molecule has 12 heavy (non-hydrogen) atoms. The second-order valence-electron chi connectivity index (χ2n) is 3.62. The molecule has 66 valence electrons. The Kier molecular flexibility index (Phi) is 2.62. The third-order valence-corrected chi connectivity index (χ3v) is 2.71. The molecule has 1 unspecified atom stereocenters. The van der Waals surface area contributed by atoms with Gasteiger partial charge in [0, 0.05) is 12.5 Å². The molecule has 1 heterocycles. The molecule has 1 saturated heterocycles. The lowest BCUT2D eigenvalue weighted by Gasteiger charge is -2.28. The molecule has 1 fully saturated rings. The number of hydrogen-bond acceptors (Lipinski definition) is 1. The summed E-state index contributed by atoms with van der Waals surface area (Å²) in [5.41, 5.74) is 0. The molecule has 1 nitrogen and oxygen atoms in total. The van der Waals surface area contributed by atoms with Gasteiger partial charge < -0.3 is 4.74 Å². The lowest BCUT2D eigenvalue weighted by Crippen LogP contribution is -2.26. The maximum Gasteiger partial charge on any atom is 0.0640 e. The van der Waals surface area contributed by atoms with E-state index in [2.05, 4.69) is 24.3 Å². The van der Waals surface area contributed by atoms with Crippen LogP contribution in [0.3, 0.4) is 0 Å². The zero-order valence-electron chi connectivity index (χ0n) is 7.41.